The quantitative estimate of drug-likeness (QED) is 0.333. The van der Waals surface area contributed by atoms with Crippen molar-refractivity contribution in [2.24, 2.45) is 0 Å². The van der Waals surface area contributed by atoms with Crippen molar-refractivity contribution in [2.75, 3.05) is 20.1 Å². The van der Waals surface area contributed by atoms with Crippen LogP contribution in [0.2, 0.25) is 0 Å². The number of likely N-dealkylation sites (tertiary alicyclic amines) is 1. The molecular formula is C28H31N3O6. The van der Waals surface area contributed by atoms with Gasteiger partial charge >= 0.3 is 11.9 Å². The molecule has 2 aromatic carbocycles. The molecule has 1 fully saturated rings. The highest BCUT2D eigenvalue weighted by Crippen LogP contribution is 2.42. The lowest BCUT2D eigenvalue weighted by Gasteiger charge is -2.37. The molecule has 2 aliphatic rings. The number of rotatable bonds is 7. The van der Waals surface area contributed by atoms with Gasteiger partial charge in [0.2, 0.25) is 0 Å². The van der Waals surface area contributed by atoms with E-state index in [1.165, 1.54) is 23.8 Å². The zero-order valence-corrected chi connectivity index (χ0v) is 21.2. The number of ether oxygens (including phenoxy) is 1. The van der Waals surface area contributed by atoms with Crippen LogP contribution in [0.3, 0.4) is 0 Å². The minimum Gasteiger partial charge on any atom is -0.478 e. The van der Waals surface area contributed by atoms with Crippen LogP contribution in [-0.2, 0) is 20.9 Å². The van der Waals surface area contributed by atoms with Crippen molar-refractivity contribution in [3.8, 4) is 0 Å². The van der Waals surface area contributed by atoms with Crippen LogP contribution in [0.15, 0.2) is 77.1 Å². The molecule has 0 bridgehead atoms. The van der Waals surface area contributed by atoms with E-state index in [9.17, 15) is 24.8 Å². The molecule has 1 N–H and O–H groups in total. The van der Waals surface area contributed by atoms with Crippen molar-refractivity contribution in [1.29, 1.82) is 0 Å². The molecule has 37 heavy (non-hydrogen) atoms. The molecule has 0 amide bonds. The van der Waals surface area contributed by atoms with Crippen LogP contribution in [-0.4, -0.2) is 58.0 Å². The molecule has 194 valence electrons. The Balaban J connectivity index is 1.64. The Morgan fingerprint density at radius 1 is 1.08 bits per heavy atom. The maximum absolute atomic E-state index is 13.7. The van der Waals surface area contributed by atoms with Crippen molar-refractivity contribution in [3.05, 3.63) is 98.4 Å². The summed E-state index contributed by atoms with van der Waals surface area (Å²) in [4.78, 5) is 40.9. The average Bonchev–Trinajstić information content (AvgIpc) is 2.87. The van der Waals surface area contributed by atoms with Crippen molar-refractivity contribution in [1.82, 2.24) is 9.80 Å². The molecule has 2 atom stereocenters. The third-order valence-electron chi connectivity index (χ3n) is 7.21. The molecule has 2 heterocycles. The molecule has 0 radical (unpaired) electrons. The summed E-state index contributed by atoms with van der Waals surface area (Å²) in [7, 11) is 1.70. The van der Waals surface area contributed by atoms with Gasteiger partial charge < -0.3 is 14.7 Å². The largest absolute Gasteiger partial charge is 0.478 e. The van der Waals surface area contributed by atoms with Crippen LogP contribution in [0.25, 0.3) is 0 Å². The first-order valence-electron chi connectivity index (χ1n) is 12.3. The van der Waals surface area contributed by atoms with Gasteiger partial charge in [0.25, 0.3) is 5.69 Å². The van der Waals surface area contributed by atoms with Crippen LogP contribution < -0.4 is 0 Å². The topological polar surface area (TPSA) is 113 Å². The molecule has 0 saturated carbocycles. The van der Waals surface area contributed by atoms with Gasteiger partial charge in [-0.25, -0.2) is 9.59 Å². The Bertz CT molecular complexity index is 1270. The molecule has 9 nitrogen and oxygen atoms in total. The number of non-ortho nitro benzene ring substituents is 1. The number of nitrogens with zero attached hydrogens (tertiary/aromatic N) is 3. The highest BCUT2D eigenvalue weighted by molar-refractivity contribution is 5.99. The van der Waals surface area contributed by atoms with E-state index >= 15 is 0 Å². The lowest BCUT2D eigenvalue weighted by molar-refractivity contribution is -0.384. The number of hydrogen-bond acceptors (Lipinski definition) is 7. The van der Waals surface area contributed by atoms with E-state index in [1.54, 1.807) is 31.9 Å². The Morgan fingerprint density at radius 3 is 2.46 bits per heavy atom. The molecule has 9 heteroatoms. The Morgan fingerprint density at radius 2 is 1.78 bits per heavy atom. The van der Waals surface area contributed by atoms with Gasteiger partial charge in [0.1, 0.15) is 6.10 Å². The number of piperidine rings is 1. The average molecular weight is 506 g/mol. The van der Waals surface area contributed by atoms with E-state index in [2.05, 4.69) is 17.0 Å². The minimum absolute atomic E-state index is 0.00473. The number of esters is 1. The number of allylic oxidation sites excluding steroid dienone is 2. The van der Waals surface area contributed by atoms with Gasteiger partial charge in [0.15, 0.2) is 0 Å². The van der Waals surface area contributed by atoms with Gasteiger partial charge in [-0.3, -0.25) is 15.0 Å². The van der Waals surface area contributed by atoms with Crippen molar-refractivity contribution in [3.63, 3.8) is 0 Å². The number of carboxylic acids is 1. The van der Waals surface area contributed by atoms with Crippen molar-refractivity contribution >= 4 is 17.6 Å². The number of hydrogen-bond donors (Lipinski definition) is 1. The van der Waals surface area contributed by atoms with E-state index < -0.39 is 22.8 Å². The van der Waals surface area contributed by atoms with Gasteiger partial charge in [0.05, 0.1) is 22.0 Å². The van der Waals surface area contributed by atoms with Gasteiger partial charge in [0, 0.05) is 43.7 Å². The molecule has 4 rings (SSSR count). The van der Waals surface area contributed by atoms with Crippen LogP contribution in [0, 0.1) is 10.1 Å². The molecule has 2 unspecified atom stereocenters. The zero-order valence-electron chi connectivity index (χ0n) is 21.2. The van der Waals surface area contributed by atoms with Gasteiger partial charge in [-0.2, -0.15) is 0 Å². The Labute approximate surface area is 215 Å². The first-order chi connectivity index (χ1) is 17.7. The van der Waals surface area contributed by atoms with Gasteiger partial charge in [-0.05, 0) is 44.4 Å². The normalized spacial score (nSPS) is 20.7. The number of carbonyl (C=O) groups is 2. The number of benzene rings is 2. The standard InChI is InChI=1S/C28H31N3O6/c1-18-24(27(32)33)26(21-11-7-12-22(15-21)31(35)36)25(19(2)29(18)3)28(34)37-23-13-8-14-30(17-23)16-20-9-5-4-6-10-20/h4-7,9-12,15,23,26H,8,13-14,16-17H2,1-3H3,(H,32,33). The van der Waals surface area contributed by atoms with Crippen molar-refractivity contribution in [2.45, 2.75) is 45.3 Å². The fourth-order valence-corrected chi connectivity index (χ4v) is 5.18. The second-order valence-electron chi connectivity index (χ2n) is 9.54. The first-order valence-corrected chi connectivity index (χ1v) is 12.3. The maximum Gasteiger partial charge on any atom is 0.337 e. The fraction of sp³-hybridized carbons (Fsp3) is 0.357. The molecule has 0 aliphatic carbocycles. The van der Waals surface area contributed by atoms with E-state index in [0.717, 1.165) is 19.5 Å². The predicted molar refractivity (Wildman–Crippen MR) is 137 cm³/mol. The summed E-state index contributed by atoms with van der Waals surface area (Å²) >= 11 is 0. The molecular weight excluding hydrogens is 474 g/mol. The lowest BCUT2D eigenvalue weighted by atomic mass is 9.79. The summed E-state index contributed by atoms with van der Waals surface area (Å²) < 4.78 is 6.00. The number of nitro groups is 1. The summed E-state index contributed by atoms with van der Waals surface area (Å²) in [6.07, 6.45) is 1.24. The lowest BCUT2D eigenvalue weighted by Crippen LogP contribution is -2.41. The summed E-state index contributed by atoms with van der Waals surface area (Å²) in [6, 6.07) is 15.9. The highest BCUT2D eigenvalue weighted by Gasteiger charge is 2.40. The summed E-state index contributed by atoms with van der Waals surface area (Å²) in [5.41, 5.74) is 2.57. The Kier molecular flexibility index (Phi) is 7.73. The van der Waals surface area contributed by atoms with Gasteiger partial charge in [-0.1, -0.05) is 42.5 Å². The smallest absolute Gasteiger partial charge is 0.337 e. The zero-order chi connectivity index (χ0) is 26.7. The van der Waals surface area contributed by atoms with Crippen molar-refractivity contribution < 1.29 is 24.4 Å². The number of aliphatic carboxylic acids is 1. The van der Waals surface area contributed by atoms with E-state index in [4.69, 9.17) is 4.74 Å². The molecule has 2 aromatic rings. The number of nitro benzene ring substituents is 1. The van der Waals surface area contributed by atoms with Crippen LogP contribution in [0.4, 0.5) is 5.69 Å². The fourth-order valence-electron chi connectivity index (χ4n) is 5.18. The number of carbonyl (C=O) groups excluding carboxylic acids is 1. The van der Waals surface area contributed by atoms with Crippen LogP contribution >= 0.6 is 0 Å². The monoisotopic (exact) mass is 505 g/mol. The van der Waals surface area contributed by atoms with E-state index in [-0.39, 0.29) is 22.9 Å². The van der Waals surface area contributed by atoms with E-state index in [1.807, 2.05) is 18.2 Å². The third-order valence-corrected chi connectivity index (χ3v) is 7.21. The van der Waals surface area contributed by atoms with E-state index in [0.29, 0.717) is 29.9 Å². The second-order valence-corrected chi connectivity index (χ2v) is 9.54. The maximum atomic E-state index is 13.7. The van der Waals surface area contributed by atoms with Crippen LogP contribution in [0.5, 0.6) is 0 Å². The predicted octanol–water partition coefficient (Wildman–Crippen LogP) is 4.46. The SMILES string of the molecule is CC1=C(C(=O)O)C(c2cccc([N+](=O)[O-])c2)C(C(=O)OC2CCCN(Cc3ccccc3)C2)=C(C)N1C. The molecule has 0 aromatic heterocycles. The first kappa shape index (κ1) is 26.1. The summed E-state index contributed by atoms with van der Waals surface area (Å²) in [5, 5.41) is 21.6. The van der Waals surface area contributed by atoms with Crippen LogP contribution in [0.1, 0.15) is 43.7 Å². The van der Waals surface area contributed by atoms with Gasteiger partial charge in [-0.15, -0.1) is 0 Å². The molecule has 1 saturated heterocycles. The minimum atomic E-state index is -1.19. The summed E-state index contributed by atoms with van der Waals surface area (Å²) in [6.45, 7) is 5.63. The number of carboxylic acid groups (broad SMARTS) is 1. The Hall–Kier alpha value is -3.98. The molecule has 0 spiro atoms. The molecule has 2 aliphatic heterocycles. The summed E-state index contributed by atoms with van der Waals surface area (Å²) in [5.74, 6) is -2.78. The highest BCUT2D eigenvalue weighted by atomic mass is 16.6. The third kappa shape index (κ3) is 5.56. The second kappa shape index (κ2) is 11.0.